The summed E-state index contributed by atoms with van der Waals surface area (Å²) in [6.07, 6.45) is 0. The Bertz CT molecular complexity index is 807. The van der Waals surface area contributed by atoms with Gasteiger partial charge in [0, 0.05) is 43.8 Å². The van der Waals surface area contributed by atoms with Crippen molar-refractivity contribution in [1.29, 1.82) is 0 Å². The van der Waals surface area contributed by atoms with Gasteiger partial charge < -0.3 is 14.5 Å². The molecule has 0 fully saturated rings. The molecule has 27 heavy (non-hydrogen) atoms. The smallest absolute Gasteiger partial charge is 0.260 e. The lowest BCUT2D eigenvalue weighted by Crippen LogP contribution is -2.34. The number of carbonyl (C=O) groups excluding carboxylic acids is 2. The van der Waals surface area contributed by atoms with Gasteiger partial charge in [0.05, 0.1) is 5.02 Å². The number of nitrogens with zero attached hydrogens (tertiary/aromatic N) is 2. The maximum Gasteiger partial charge on any atom is 0.260 e. The largest absolute Gasteiger partial charge is 0.482 e. The van der Waals surface area contributed by atoms with Crippen molar-refractivity contribution in [3.05, 3.63) is 63.6 Å². The SMILES string of the molecule is CCN(Cc1ccc(C(=O)N(C)C)cc1)C(=O)COc1cc(Cl)ccc1Cl. The molecule has 2 amide bonds. The average Bonchev–Trinajstić information content (AvgIpc) is 2.66. The maximum atomic E-state index is 12.5. The van der Waals surface area contributed by atoms with Crippen LogP contribution in [0.5, 0.6) is 5.75 Å². The Morgan fingerprint density at radius 2 is 1.70 bits per heavy atom. The van der Waals surface area contributed by atoms with E-state index in [1.807, 2.05) is 19.1 Å². The molecule has 0 radical (unpaired) electrons. The normalized spacial score (nSPS) is 10.4. The summed E-state index contributed by atoms with van der Waals surface area (Å²) in [4.78, 5) is 27.6. The minimum atomic E-state index is -0.165. The number of likely N-dealkylation sites (N-methyl/N-ethyl adjacent to an activating group) is 1. The zero-order chi connectivity index (χ0) is 20.0. The third-order valence-corrected chi connectivity index (χ3v) is 4.51. The topological polar surface area (TPSA) is 49.9 Å². The molecule has 0 aliphatic carbocycles. The number of ether oxygens (including phenoxy) is 1. The van der Waals surface area contributed by atoms with E-state index in [9.17, 15) is 9.59 Å². The van der Waals surface area contributed by atoms with Crippen molar-refractivity contribution in [2.75, 3.05) is 27.2 Å². The van der Waals surface area contributed by atoms with Crippen LogP contribution < -0.4 is 4.74 Å². The van der Waals surface area contributed by atoms with Crippen molar-refractivity contribution in [2.24, 2.45) is 0 Å². The molecule has 7 heteroatoms. The number of rotatable bonds is 7. The molecule has 2 aromatic rings. The van der Waals surface area contributed by atoms with E-state index in [-0.39, 0.29) is 18.4 Å². The summed E-state index contributed by atoms with van der Waals surface area (Å²) in [6, 6.07) is 12.1. The highest BCUT2D eigenvalue weighted by Crippen LogP contribution is 2.27. The summed E-state index contributed by atoms with van der Waals surface area (Å²) >= 11 is 12.0. The number of amides is 2. The Morgan fingerprint density at radius 3 is 2.30 bits per heavy atom. The fourth-order valence-electron chi connectivity index (χ4n) is 2.43. The standard InChI is InChI=1S/C20H22Cl2N2O3/c1-4-24(12-14-5-7-15(8-6-14)20(26)23(2)3)19(25)13-27-18-11-16(21)9-10-17(18)22/h5-11H,4,12-13H2,1-3H3. The summed E-state index contributed by atoms with van der Waals surface area (Å²) in [7, 11) is 3.42. The van der Waals surface area contributed by atoms with Crippen molar-refractivity contribution >= 4 is 35.0 Å². The van der Waals surface area contributed by atoms with Gasteiger partial charge in [0.15, 0.2) is 6.61 Å². The Labute approximate surface area is 169 Å². The Morgan fingerprint density at radius 1 is 1.04 bits per heavy atom. The zero-order valence-corrected chi connectivity index (χ0v) is 17.0. The van der Waals surface area contributed by atoms with Crippen LogP contribution in [0.25, 0.3) is 0 Å². The lowest BCUT2D eigenvalue weighted by molar-refractivity contribution is -0.133. The van der Waals surface area contributed by atoms with E-state index in [0.29, 0.717) is 34.4 Å². The summed E-state index contributed by atoms with van der Waals surface area (Å²) in [5, 5.41) is 0.887. The third-order valence-electron chi connectivity index (χ3n) is 3.96. The van der Waals surface area contributed by atoms with E-state index in [1.165, 1.54) is 4.90 Å². The van der Waals surface area contributed by atoms with Gasteiger partial charge in [-0.3, -0.25) is 9.59 Å². The highest BCUT2D eigenvalue weighted by atomic mass is 35.5. The minimum absolute atomic E-state index is 0.0585. The van der Waals surface area contributed by atoms with Crippen LogP contribution in [0.15, 0.2) is 42.5 Å². The van der Waals surface area contributed by atoms with Crippen molar-refractivity contribution in [2.45, 2.75) is 13.5 Å². The third kappa shape index (κ3) is 5.88. The van der Waals surface area contributed by atoms with Crippen molar-refractivity contribution in [3.63, 3.8) is 0 Å². The molecule has 0 aliphatic rings. The van der Waals surface area contributed by atoms with Crippen molar-refractivity contribution < 1.29 is 14.3 Å². The van der Waals surface area contributed by atoms with Gasteiger partial charge in [0.2, 0.25) is 0 Å². The minimum Gasteiger partial charge on any atom is -0.482 e. The molecule has 144 valence electrons. The van der Waals surface area contributed by atoms with E-state index < -0.39 is 0 Å². The Kier molecular flexibility index (Phi) is 7.51. The molecule has 0 aromatic heterocycles. The lowest BCUT2D eigenvalue weighted by Gasteiger charge is -2.21. The predicted octanol–water partition coefficient (Wildman–Crippen LogP) is 4.12. The first-order chi connectivity index (χ1) is 12.8. The van der Waals surface area contributed by atoms with Crippen LogP contribution in [-0.4, -0.2) is 48.9 Å². The van der Waals surface area contributed by atoms with Gasteiger partial charge in [-0.05, 0) is 36.8 Å². The molecule has 0 saturated heterocycles. The summed E-state index contributed by atoms with van der Waals surface area (Å²) in [6.45, 7) is 2.72. The second-order valence-corrected chi connectivity index (χ2v) is 7.01. The first-order valence-corrected chi connectivity index (χ1v) is 9.23. The second-order valence-electron chi connectivity index (χ2n) is 6.17. The van der Waals surface area contributed by atoms with E-state index in [1.54, 1.807) is 49.3 Å². The van der Waals surface area contributed by atoms with Gasteiger partial charge in [-0.1, -0.05) is 35.3 Å². The molecule has 0 bridgehead atoms. The van der Waals surface area contributed by atoms with Crippen molar-refractivity contribution in [1.82, 2.24) is 9.80 Å². The van der Waals surface area contributed by atoms with Gasteiger partial charge in [0.25, 0.3) is 11.8 Å². The van der Waals surface area contributed by atoms with Gasteiger partial charge >= 0.3 is 0 Å². The average molecular weight is 409 g/mol. The summed E-state index contributed by atoms with van der Waals surface area (Å²) < 4.78 is 5.52. The Balaban J connectivity index is 1.98. The monoisotopic (exact) mass is 408 g/mol. The number of halogens is 2. The molecule has 0 unspecified atom stereocenters. The highest BCUT2D eigenvalue weighted by Gasteiger charge is 2.15. The van der Waals surface area contributed by atoms with Crippen LogP contribution in [0.4, 0.5) is 0 Å². The van der Waals surface area contributed by atoms with Crippen LogP contribution in [0, 0.1) is 0 Å². The molecule has 5 nitrogen and oxygen atoms in total. The number of benzene rings is 2. The van der Waals surface area contributed by atoms with Gasteiger partial charge in [-0.25, -0.2) is 0 Å². The molecule has 0 saturated carbocycles. The fourth-order valence-corrected chi connectivity index (χ4v) is 2.76. The van der Waals surface area contributed by atoms with Crippen molar-refractivity contribution in [3.8, 4) is 5.75 Å². The first kappa shape index (κ1) is 21.1. The van der Waals surface area contributed by atoms with Gasteiger partial charge in [0.1, 0.15) is 5.75 Å². The van der Waals surface area contributed by atoms with E-state index >= 15 is 0 Å². The molecule has 2 rings (SSSR count). The molecule has 0 atom stereocenters. The number of hydrogen-bond acceptors (Lipinski definition) is 3. The van der Waals surface area contributed by atoms with Crippen LogP contribution in [-0.2, 0) is 11.3 Å². The summed E-state index contributed by atoms with van der Waals surface area (Å²) in [5.41, 5.74) is 1.54. The quantitative estimate of drug-likeness (QED) is 0.691. The molecule has 0 N–H and O–H groups in total. The molecule has 0 spiro atoms. The molecule has 0 heterocycles. The molecule has 2 aromatic carbocycles. The fraction of sp³-hybridized carbons (Fsp3) is 0.300. The zero-order valence-electron chi connectivity index (χ0n) is 15.5. The van der Waals surface area contributed by atoms with E-state index in [2.05, 4.69) is 0 Å². The predicted molar refractivity (Wildman–Crippen MR) is 108 cm³/mol. The van der Waals surface area contributed by atoms with Crippen LogP contribution >= 0.6 is 23.2 Å². The van der Waals surface area contributed by atoms with E-state index in [4.69, 9.17) is 27.9 Å². The first-order valence-electron chi connectivity index (χ1n) is 8.48. The van der Waals surface area contributed by atoms with Gasteiger partial charge in [-0.15, -0.1) is 0 Å². The molecular formula is C20H22Cl2N2O3. The van der Waals surface area contributed by atoms with Gasteiger partial charge in [-0.2, -0.15) is 0 Å². The Hall–Kier alpha value is -2.24. The van der Waals surface area contributed by atoms with Crippen LogP contribution in [0.3, 0.4) is 0 Å². The maximum absolute atomic E-state index is 12.5. The summed E-state index contributed by atoms with van der Waals surface area (Å²) in [5.74, 6) is 0.152. The highest BCUT2D eigenvalue weighted by molar-refractivity contribution is 6.34. The molecular weight excluding hydrogens is 387 g/mol. The molecule has 0 aliphatic heterocycles. The van der Waals surface area contributed by atoms with E-state index in [0.717, 1.165) is 5.56 Å². The lowest BCUT2D eigenvalue weighted by atomic mass is 10.1. The number of hydrogen-bond donors (Lipinski definition) is 0. The number of carbonyl (C=O) groups is 2. The second kappa shape index (κ2) is 9.62. The van der Waals surface area contributed by atoms with Crippen LogP contribution in [0.1, 0.15) is 22.8 Å². The van der Waals surface area contributed by atoms with Crippen LogP contribution in [0.2, 0.25) is 10.0 Å².